The average Bonchev–Trinajstić information content (AvgIpc) is 3.51. The maximum absolute atomic E-state index is 12.3. The van der Waals surface area contributed by atoms with Crippen LogP contribution in [-0.2, 0) is 6.61 Å². The molecule has 1 aromatic heterocycles. The van der Waals surface area contributed by atoms with Crippen LogP contribution >= 0.6 is 23.1 Å². The smallest absolute Gasteiger partial charge is 0.305 e. The SMILES string of the molecule is Cc1ccc(COc2ccc([N+](=O)[O-])cc2[C@H]2c3sc(=O)[nH]c3S[C@H]3[C@H]4CC[C@@H](C4)[C@H]23)cc1. The van der Waals surface area contributed by atoms with Crippen molar-refractivity contribution in [2.45, 2.75) is 49.0 Å². The van der Waals surface area contributed by atoms with Gasteiger partial charge in [-0.25, -0.2) is 0 Å². The molecule has 0 radical (unpaired) electrons. The second-order valence-electron chi connectivity index (χ2n) is 9.43. The third-order valence-electron chi connectivity index (χ3n) is 7.52. The van der Waals surface area contributed by atoms with Gasteiger partial charge in [-0.1, -0.05) is 41.2 Å². The Morgan fingerprint density at radius 3 is 2.73 bits per heavy atom. The number of ether oxygens (including phenoxy) is 1. The molecule has 0 saturated heterocycles. The number of aromatic nitrogens is 1. The molecule has 8 heteroatoms. The molecule has 3 aromatic rings. The second kappa shape index (κ2) is 8.02. The van der Waals surface area contributed by atoms with Crippen molar-refractivity contribution in [3.63, 3.8) is 0 Å². The molecule has 5 atom stereocenters. The monoisotopic (exact) mass is 480 g/mol. The number of non-ortho nitro benzene ring substituents is 1. The summed E-state index contributed by atoms with van der Waals surface area (Å²) in [7, 11) is 0. The van der Waals surface area contributed by atoms with Crippen LogP contribution in [0.15, 0.2) is 52.3 Å². The summed E-state index contributed by atoms with van der Waals surface area (Å²) in [6.07, 6.45) is 3.65. The largest absolute Gasteiger partial charge is 0.489 e. The Bertz CT molecular complexity index is 1280. The first kappa shape index (κ1) is 21.0. The predicted octanol–water partition coefficient (Wildman–Crippen LogP) is 5.88. The number of thioether (sulfide) groups is 1. The van der Waals surface area contributed by atoms with Gasteiger partial charge in [0.15, 0.2) is 0 Å². The van der Waals surface area contributed by atoms with Gasteiger partial charge in [0.05, 0.1) is 9.95 Å². The maximum atomic E-state index is 12.3. The van der Waals surface area contributed by atoms with E-state index in [4.69, 9.17) is 4.74 Å². The molecule has 6 rings (SSSR count). The van der Waals surface area contributed by atoms with Crippen molar-refractivity contribution >= 4 is 28.8 Å². The molecule has 2 heterocycles. The topological polar surface area (TPSA) is 85.2 Å². The molecule has 2 fully saturated rings. The molecule has 33 heavy (non-hydrogen) atoms. The summed E-state index contributed by atoms with van der Waals surface area (Å²) in [5.74, 6) is 2.23. The Kier molecular flexibility index (Phi) is 5.10. The highest BCUT2D eigenvalue weighted by molar-refractivity contribution is 8.00. The number of nitro groups is 1. The number of thiazole rings is 1. The van der Waals surface area contributed by atoms with Crippen molar-refractivity contribution in [2.75, 3.05) is 0 Å². The zero-order valence-electron chi connectivity index (χ0n) is 18.2. The van der Waals surface area contributed by atoms with Crippen molar-refractivity contribution in [3.8, 4) is 5.75 Å². The average molecular weight is 481 g/mol. The van der Waals surface area contributed by atoms with E-state index in [1.165, 1.54) is 42.2 Å². The van der Waals surface area contributed by atoms with Crippen molar-refractivity contribution < 1.29 is 9.66 Å². The molecule has 2 saturated carbocycles. The zero-order valence-corrected chi connectivity index (χ0v) is 19.8. The van der Waals surface area contributed by atoms with Crippen molar-refractivity contribution in [1.29, 1.82) is 0 Å². The number of aromatic amines is 1. The van der Waals surface area contributed by atoms with Crippen LogP contribution in [0.5, 0.6) is 5.75 Å². The summed E-state index contributed by atoms with van der Waals surface area (Å²) in [4.78, 5) is 27.7. The Morgan fingerprint density at radius 1 is 1.15 bits per heavy atom. The first-order valence-electron chi connectivity index (χ1n) is 11.3. The van der Waals surface area contributed by atoms with Crippen molar-refractivity contribution in [3.05, 3.63) is 83.8 Å². The lowest BCUT2D eigenvalue weighted by molar-refractivity contribution is -0.385. The van der Waals surface area contributed by atoms with Crippen molar-refractivity contribution in [1.82, 2.24) is 4.98 Å². The lowest BCUT2D eigenvalue weighted by atomic mass is 9.74. The van der Waals surface area contributed by atoms with Crippen LogP contribution in [0.1, 0.15) is 46.7 Å². The number of H-pyrrole nitrogens is 1. The molecule has 1 aliphatic heterocycles. The number of hydrogen-bond donors (Lipinski definition) is 1. The molecule has 2 bridgehead atoms. The van der Waals surface area contributed by atoms with Gasteiger partial charge in [0.25, 0.3) is 5.69 Å². The second-order valence-corrected chi connectivity index (χ2v) is 11.6. The number of hydrogen-bond acceptors (Lipinski definition) is 6. The van der Waals surface area contributed by atoms with E-state index >= 15 is 0 Å². The fourth-order valence-corrected chi connectivity index (χ4v) is 8.95. The van der Waals surface area contributed by atoms with E-state index in [9.17, 15) is 14.9 Å². The molecule has 3 aliphatic rings. The Balaban J connectivity index is 1.44. The highest BCUT2D eigenvalue weighted by Crippen LogP contribution is 2.64. The number of nitrogens with one attached hydrogen (secondary N) is 1. The standard InChI is InChI=1S/C25H24N2O4S2/c1-13-2-4-14(5-3-13)12-31-19-9-8-17(27(29)30)11-18(19)21-20-15-6-7-16(10-15)22(20)32-24-23(21)33-25(28)26-24/h2-5,8-9,11,15-16,20-22H,6-7,10,12H2,1H3,(H,26,28)/t15-,16-,20+,21+,22-/m0/s1. The van der Waals surface area contributed by atoms with Crippen molar-refractivity contribution in [2.24, 2.45) is 17.8 Å². The van der Waals surface area contributed by atoms with Gasteiger partial charge >= 0.3 is 4.87 Å². The van der Waals surface area contributed by atoms with E-state index in [1.807, 2.05) is 30.8 Å². The molecule has 6 nitrogen and oxygen atoms in total. The van der Waals surface area contributed by atoms with Gasteiger partial charge in [-0.05, 0) is 55.6 Å². The number of fused-ring (bicyclic) bond motifs is 6. The van der Waals surface area contributed by atoms with Gasteiger partial charge in [-0.2, -0.15) is 0 Å². The van der Waals surface area contributed by atoms with Gasteiger partial charge in [0, 0.05) is 33.7 Å². The summed E-state index contributed by atoms with van der Waals surface area (Å²) in [5, 5.41) is 13.1. The van der Waals surface area contributed by atoms with Crippen LogP contribution in [0.3, 0.4) is 0 Å². The Morgan fingerprint density at radius 2 is 1.94 bits per heavy atom. The van der Waals surface area contributed by atoms with Crippen LogP contribution in [0, 0.1) is 34.8 Å². The highest BCUT2D eigenvalue weighted by Gasteiger charge is 2.55. The van der Waals surface area contributed by atoms with Gasteiger partial charge in [0.2, 0.25) is 0 Å². The third kappa shape index (κ3) is 3.60. The van der Waals surface area contributed by atoms with Gasteiger partial charge in [-0.3, -0.25) is 14.9 Å². The van der Waals surface area contributed by atoms with E-state index in [-0.39, 0.29) is 21.4 Å². The van der Waals surface area contributed by atoms with E-state index in [0.717, 1.165) is 21.0 Å². The minimum Gasteiger partial charge on any atom is -0.489 e. The van der Waals surface area contributed by atoms with Crippen LogP contribution in [-0.4, -0.2) is 15.2 Å². The van der Waals surface area contributed by atoms with Gasteiger partial charge < -0.3 is 9.72 Å². The minimum atomic E-state index is -0.344. The van der Waals surface area contributed by atoms with Crippen LogP contribution in [0.4, 0.5) is 5.69 Å². The fraction of sp³-hybridized carbons (Fsp3) is 0.400. The molecule has 0 spiro atoms. The molecule has 0 unspecified atom stereocenters. The molecular weight excluding hydrogens is 456 g/mol. The number of nitrogens with zero attached hydrogens (tertiary/aromatic N) is 1. The zero-order chi connectivity index (χ0) is 22.7. The van der Waals surface area contributed by atoms with Crippen LogP contribution in [0.25, 0.3) is 0 Å². The summed E-state index contributed by atoms with van der Waals surface area (Å²) < 4.78 is 6.29. The molecule has 1 N–H and O–H groups in total. The number of aryl methyl sites for hydroxylation is 1. The highest BCUT2D eigenvalue weighted by atomic mass is 32.2. The third-order valence-corrected chi connectivity index (χ3v) is 10.1. The summed E-state index contributed by atoms with van der Waals surface area (Å²) in [5.41, 5.74) is 3.14. The molecular formula is C25H24N2O4S2. The van der Waals surface area contributed by atoms with E-state index in [1.54, 1.807) is 12.1 Å². The first-order chi connectivity index (χ1) is 16.0. The van der Waals surface area contributed by atoms with E-state index in [2.05, 4.69) is 17.1 Å². The van der Waals surface area contributed by atoms with E-state index < -0.39 is 0 Å². The minimum absolute atomic E-state index is 0.0570. The lowest BCUT2D eigenvalue weighted by Gasteiger charge is -2.40. The summed E-state index contributed by atoms with van der Waals surface area (Å²) in [6.45, 7) is 2.44. The molecule has 0 amide bonds. The van der Waals surface area contributed by atoms with Crippen LogP contribution < -0.4 is 9.61 Å². The molecule has 2 aliphatic carbocycles. The number of rotatable bonds is 5. The molecule has 2 aromatic carbocycles. The Hall–Kier alpha value is -2.58. The van der Waals surface area contributed by atoms with Gasteiger partial charge in [-0.15, -0.1) is 11.8 Å². The predicted molar refractivity (Wildman–Crippen MR) is 129 cm³/mol. The normalized spacial score (nSPS) is 27.2. The maximum Gasteiger partial charge on any atom is 0.305 e. The fourth-order valence-electron chi connectivity index (χ4n) is 6.07. The van der Waals surface area contributed by atoms with Crippen LogP contribution in [0.2, 0.25) is 0 Å². The number of benzene rings is 2. The summed E-state index contributed by atoms with van der Waals surface area (Å²) >= 11 is 3.07. The lowest BCUT2D eigenvalue weighted by Crippen LogP contribution is -2.33. The quantitative estimate of drug-likeness (QED) is 0.364. The first-order valence-corrected chi connectivity index (χ1v) is 13.0. The molecule has 170 valence electrons. The van der Waals surface area contributed by atoms with E-state index in [0.29, 0.717) is 35.4 Å². The van der Waals surface area contributed by atoms with Gasteiger partial charge in [0.1, 0.15) is 12.4 Å². The summed E-state index contributed by atoms with van der Waals surface area (Å²) in [6, 6.07) is 13.1. The number of nitro benzene ring substituents is 1. The Labute approximate surface area is 199 Å².